The van der Waals surface area contributed by atoms with Gasteiger partial charge in [0.05, 0.1) is 0 Å². The zero-order chi connectivity index (χ0) is 23.1. The summed E-state index contributed by atoms with van der Waals surface area (Å²) < 4.78 is 56.5. The summed E-state index contributed by atoms with van der Waals surface area (Å²) in [6.07, 6.45) is 10.9. The number of ether oxygens (including phenoxy) is 1. The number of hydrogen-bond donors (Lipinski definition) is 0. The van der Waals surface area contributed by atoms with E-state index in [4.69, 9.17) is 13.3 Å². The van der Waals surface area contributed by atoms with E-state index < -0.39 is 21.6 Å². The molecule has 0 saturated heterocycles. The van der Waals surface area contributed by atoms with Crippen molar-refractivity contribution in [2.45, 2.75) is 110 Å². The standard InChI is InChI=1S/C20H41F3O4Si.C2H6/c1-24-28(25-2,26-3)18-16-14-12-10-8-6-4-5-7-9-11-13-15-17-27-19-20(21,22)23;1-2/h4-19H2,1-3H3;1-2H3. The van der Waals surface area contributed by atoms with Gasteiger partial charge in [-0.2, -0.15) is 13.2 Å². The van der Waals surface area contributed by atoms with Crippen LogP contribution in [0.2, 0.25) is 6.04 Å². The first-order chi connectivity index (χ1) is 14.4. The fourth-order valence-corrected chi connectivity index (χ4v) is 5.03. The molecule has 4 nitrogen and oxygen atoms in total. The summed E-state index contributed by atoms with van der Waals surface area (Å²) >= 11 is 0. The Morgan fingerprint density at radius 1 is 0.567 bits per heavy atom. The van der Waals surface area contributed by atoms with Crippen LogP contribution < -0.4 is 0 Å². The monoisotopic (exact) mass is 460 g/mol. The molecule has 0 N–H and O–H groups in total. The molecule has 0 spiro atoms. The Bertz CT molecular complexity index is 333. The van der Waals surface area contributed by atoms with Gasteiger partial charge in [-0.05, 0) is 12.8 Å². The summed E-state index contributed by atoms with van der Waals surface area (Å²) in [4.78, 5) is 0. The minimum absolute atomic E-state index is 0.213. The average molecular weight is 461 g/mol. The van der Waals surface area contributed by atoms with Gasteiger partial charge < -0.3 is 18.0 Å². The van der Waals surface area contributed by atoms with Crippen LogP contribution in [0.3, 0.4) is 0 Å². The maximum Gasteiger partial charge on any atom is 0.500 e. The molecule has 0 aromatic heterocycles. The van der Waals surface area contributed by atoms with Crippen LogP contribution in [0.5, 0.6) is 0 Å². The molecule has 0 amide bonds. The van der Waals surface area contributed by atoms with E-state index in [1.807, 2.05) is 13.8 Å². The van der Waals surface area contributed by atoms with Gasteiger partial charge in [0.1, 0.15) is 6.61 Å². The highest BCUT2D eigenvalue weighted by Crippen LogP contribution is 2.19. The van der Waals surface area contributed by atoms with Crippen LogP contribution in [0.25, 0.3) is 0 Å². The fourth-order valence-electron chi connectivity index (χ4n) is 3.23. The third-order valence-corrected chi connectivity index (χ3v) is 7.80. The molecule has 0 radical (unpaired) electrons. The highest BCUT2D eigenvalue weighted by Gasteiger charge is 2.36. The first kappa shape index (κ1) is 32.0. The summed E-state index contributed by atoms with van der Waals surface area (Å²) in [7, 11) is 2.59. The molecule has 0 saturated carbocycles. The lowest BCUT2D eigenvalue weighted by molar-refractivity contribution is -0.174. The van der Waals surface area contributed by atoms with E-state index in [2.05, 4.69) is 4.74 Å². The topological polar surface area (TPSA) is 36.9 Å². The van der Waals surface area contributed by atoms with Gasteiger partial charge in [0.25, 0.3) is 0 Å². The molecule has 0 aromatic carbocycles. The van der Waals surface area contributed by atoms with Crippen molar-refractivity contribution in [3.8, 4) is 0 Å². The lowest BCUT2D eigenvalue weighted by Gasteiger charge is -2.24. The molecule has 0 bridgehead atoms. The maximum absolute atomic E-state index is 11.9. The summed E-state index contributed by atoms with van der Waals surface area (Å²) in [5.41, 5.74) is 0. The van der Waals surface area contributed by atoms with Crippen LogP contribution in [-0.4, -0.2) is 49.5 Å². The number of halogens is 3. The lowest BCUT2D eigenvalue weighted by Crippen LogP contribution is -2.42. The van der Waals surface area contributed by atoms with E-state index in [-0.39, 0.29) is 6.61 Å². The normalized spacial score (nSPS) is 12.0. The Morgan fingerprint density at radius 2 is 0.900 bits per heavy atom. The van der Waals surface area contributed by atoms with Crippen molar-refractivity contribution in [2.75, 3.05) is 34.5 Å². The number of alkyl halides is 3. The summed E-state index contributed by atoms with van der Waals surface area (Å²) in [5.74, 6) is 0. The van der Waals surface area contributed by atoms with Crippen molar-refractivity contribution in [3.05, 3.63) is 0 Å². The summed E-state index contributed by atoms with van der Waals surface area (Å²) in [6.45, 7) is 3.09. The third-order valence-electron chi connectivity index (χ3n) is 4.97. The Morgan fingerprint density at radius 3 is 1.23 bits per heavy atom. The highest BCUT2D eigenvalue weighted by molar-refractivity contribution is 6.60. The number of unbranched alkanes of at least 4 members (excludes halogenated alkanes) is 12. The Labute approximate surface area is 184 Å². The molecule has 0 fully saturated rings. The largest absolute Gasteiger partial charge is 0.500 e. The molecule has 0 heterocycles. The van der Waals surface area contributed by atoms with E-state index in [1.165, 1.54) is 57.8 Å². The van der Waals surface area contributed by atoms with Crippen molar-refractivity contribution in [2.24, 2.45) is 0 Å². The van der Waals surface area contributed by atoms with Gasteiger partial charge in [0.2, 0.25) is 0 Å². The van der Waals surface area contributed by atoms with Crippen molar-refractivity contribution >= 4 is 8.80 Å². The van der Waals surface area contributed by atoms with E-state index >= 15 is 0 Å². The van der Waals surface area contributed by atoms with Crippen LogP contribution in [0.4, 0.5) is 13.2 Å². The molecule has 184 valence electrons. The number of rotatable bonds is 20. The second kappa shape index (κ2) is 22.1. The van der Waals surface area contributed by atoms with Gasteiger partial charge in [-0.25, -0.2) is 0 Å². The van der Waals surface area contributed by atoms with E-state index in [1.54, 1.807) is 21.3 Å². The second-order valence-electron chi connectivity index (χ2n) is 7.31. The van der Waals surface area contributed by atoms with Crippen LogP contribution >= 0.6 is 0 Å². The van der Waals surface area contributed by atoms with E-state index in [0.29, 0.717) is 0 Å². The molecule has 0 aromatic rings. The predicted molar refractivity (Wildman–Crippen MR) is 120 cm³/mol. The van der Waals surface area contributed by atoms with Crippen molar-refractivity contribution in [3.63, 3.8) is 0 Å². The van der Waals surface area contributed by atoms with Crippen LogP contribution in [0, 0.1) is 0 Å². The Balaban J connectivity index is 0. The first-order valence-electron chi connectivity index (χ1n) is 11.7. The zero-order valence-corrected chi connectivity index (χ0v) is 21.1. The summed E-state index contributed by atoms with van der Waals surface area (Å²) in [5, 5.41) is 0. The molecule has 0 aliphatic carbocycles. The smallest absolute Gasteiger partial charge is 0.377 e. The van der Waals surface area contributed by atoms with Crippen LogP contribution in [0.15, 0.2) is 0 Å². The van der Waals surface area contributed by atoms with E-state index in [9.17, 15) is 13.2 Å². The Hall–Kier alpha value is -0.153. The zero-order valence-electron chi connectivity index (χ0n) is 20.1. The first-order valence-corrected chi connectivity index (χ1v) is 13.6. The van der Waals surface area contributed by atoms with Gasteiger partial charge in [-0.3, -0.25) is 0 Å². The average Bonchev–Trinajstić information content (AvgIpc) is 2.74. The lowest BCUT2D eigenvalue weighted by atomic mass is 10.0. The molecule has 0 aliphatic heterocycles. The molecule has 30 heavy (non-hydrogen) atoms. The molecule has 0 unspecified atom stereocenters. The maximum atomic E-state index is 11.9. The van der Waals surface area contributed by atoms with Crippen molar-refractivity contribution in [1.82, 2.24) is 0 Å². The molecule has 0 atom stereocenters. The minimum Gasteiger partial charge on any atom is -0.377 e. The van der Waals surface area contributed by atoms with Gasteiger partial charge in [-0.15, -0.1) is 0 Å². The van der Waals surface area contributed by atoms with Gasteiger partial charge in [-0.1, -0.05) is 84.5 Å². The van der Waals surface area contributed by atoms with Crippen LogP contribution in [-0.2, 0) is 18.0 Å². The third kappa shape index (κ3) is 21.1. The molecule has 0 aliphatic rings. The summed E-state index contributed by atoms with van der Waals surface area (Å²) in [6, 6.07) is 0.880. The minimum atomic E-state index is -4.20. The fraction of sp³-hybridized carbons (Fsp3) is 1.00. The highest BCUT2D eigenvalue weighted by atomic mass is 28.4. The van der Waals surface area contributed by atoms with Gasteiger partial charge >= 0.3 is 15.0 Å². The molecular formula is C22H47F3O4Si. The van der Waals surface area contributed by atoms with Crippen LogP contribution in [0.1, 0.15) is 97.3 Å². The quantitative estimate of drug-likeness (QED) is 0.139. The van der Waals surface area contributed by atoms with E-state index in [0.717, 1.165) is 31.7 Å². The van der Waals surface area contributed by atoms with Crippen molar-refractivity contribution in [1.29, 1.82) is 0 Å². The predicted octanol–water partition coefficient (Wildman–Crippen LogP) is 7.54. The second-order valence-corrected chi connectivity index (χ2v) is 10.4. The Kier molecular flexibility index (Phi) is 23.5. The SMILES string of the molecule is CC.CO[Si](CCCCCCCCCCCCCCCOCC(F)(F)F)(OC)OC. The molecule has 8 heteroatoms. The molecule has 0 rings (SSSR count). The van der Waals surface area contributed by atoms with Gasteiger partial charge in [0, 0.05) is 34.0 Å². The van der Waals surface area contributed by atoms with Crippen molar-refractivity contribution < 1.29 is 31.2 Å². The number of hydrogen-bond acceptors (Lipinski definition) is 4. The molecular weight excluding hydrogens is 413 g/mol. The van der Waals surface area contributed by atoms with Gasteiger partial charge in [0.15, 0.2) is 0 Å².